The molecule has 0 aromatic heterocycles. The summed E-state index contributed by atoms with van der Waals surface area (Å²) >= 11 is 0. The van der Waals surface area contributed by atoms with Crippen molar-refractivity contribution in [3.05, 3.63) is 41.5 Å². The molecule has 0 amide bonds. The summed E-state index contributed by atoms with van der Waals surface area (Å²) < 4.78 is 75.1. The van der Waals surface area contributed by atoms with E-state index >= 15 is 0 Å². The van der Waals surface area contributed by atoms with Crippen LogP contribution < -0.4 is 4.74 Å². The van der Waals surface area contributed by atoms with E-state index in [-0.39, 0.29) is 17.2 Å². The Kier molecular flexibility index (Phi) is 6.15. The largest absolute Gasteiger partial charge is 0.490 e. The van der Waals surface area contributed by atoms with Crippen LogP contribution in [-0.2, 0) is 20.5 Å². The summed E-state index contributed by atoms with van der Waals surface area (Å²) in [6.45, 7) is 3.67. The van der Waals surface area contributed by atoms with E-state index in [1.165, 1.54) is 31.2 Å². The van der Waals surface area contributed by atoms with Crippen LogP contribution in [0, 0.1) is 5.92 Å². The molecule has 0 bridgehead atoms. The van der Waals surface area contributed by atoms with Crippen molar-refractivity contribution in [2.45, 2.75) is 57.9 Å². The average molecular weight is 430 g/mol. The molecule has 1 unspecified atom stereocenters. The fourth-order valence-corrected chi connectivity index (χ4v) is 4.45. The molecule has 1 aliphatic carbocycles. The summed E-state index contributed by atoms with van der Waals surface area (Å²) in [7, 11) is -3.68. The van der Waals surface area contributed by atoms with Crippen LogP contribution in [0.2, 0.25) is 0 Å². The summed E-state index contributed by atoms with van der Waals surface area (Å²) in [5, 5.41) is 0.373. The van der Waals surface area contributed by atoms with Crippen molar-refractivity contribution >= 4 is 20.9 Å². The SMILES string of the molecule is CC1CCC(Oc2ccc3cc(C(C)OS(C)(=O)=O)ccc3c2C(F)(F)F)CC1. The average Bonchev–Trinajstić information content (AvgIpc) is 2.60. The third kappa shape index (κ3) is 5.42. The molecule has 0 radical (unpaired) electrons. The normalized spacial score (nSPS) is 21.9. The molecular weight excluding hydrogens is 405 g/mol. The van der Waals surface area contributed by atoms with Crippen molar-refractivity contribution in [3.63, 3.8) is 0 Å². The van der Waals surface area contributed by atoms with Crippen LogP contribution in [0.15, 0.2) is 30.3 Å². The molecule has 2 aromatic carbocycles. The first kappa shape index (κ1) is 21.9. The molecule has 0 heterocycles. The summed E-state index contributed by atoms with van der Waals surface area (Å²) in [6, 6.07) is 7.26. The van der Waals surface area contributed by atoms with Gasteiger partial charge in [-0.3, -0.25) is 4.18 Å². The maximum absolute atomic E-state index is 13.9. The molecule has 0 aliphatic heterocycles. The van der Waals surface area contributed by atoms with Gasteiger partial charge < -0.3 is 4.74 Å². The lowest BCUT2D eigenvalue weighted by atomic mass is 9.89. The highest BCUT2D eigenvalue weighted by molar-refractivity contribution is 7.86. The highest BCUT2D eigenvalue weighted by atomic mass is 32.2. The van der Waals surface area contributed by atoms with Gasteiger partial charge in [-0.1, -0.05) is 25.1 Å². The van der Waals surface area contributed by atoms with Gasteiger partial charge >= 0.3 is 6.18 Å². The molecule has 0 spiro atoms. The van der Waals surface area contributed by atoms with E-state index in [1.54, 1.807) is 6.07 Å². The highest BCUT2D eigenvalue weighted by Gasteiger charge is 2.37. The summed E-state index contributed by atoms with van der Waals surface area (Å²) in [6.07, 6.45) is -1.28. The van der Waals surface area contributed by atoms with Crippen LogP contribution in [0.3, 0.4) is 0 Å². The molecule has 0 N–H and O–H groups in total. The minimum Gasteiger partial charge on any atom is -0.490 e. The standard InChI is InChI=1S/C21H25F3O4S/c1-13-4-8-17(9-5-13)27-19-11-7-16-12-15(14(2)28-29(3,25)26)6-10-18(16)20(19)21(22,23)24/h6-7,10-14,17H,4-5,8-9H2,1-3H3. The second-order valence-corrected chi connectivity index (χ2v) is 9.46. The minimum atomic E-state index is -4.58. The first-order valence-electron chi connectivity index (χ1n) is 9.63. The number of benzene rings is 2. The fraction of sp³-hybridized carbons (Fsp3) is 0.524. The maximum Gasteiger partial charge on any atom is 0.420 e. The second-order valence-electron chi connectivity index (χ2n) is 7.86. The van der Waals surface area contributed by atoms with Gasteiger partial charge in [0.1, 0.15) is 11.3 Å². The van der Waals surface area contributed by atoms with Gasteiger partial charge in [-0.25, -0.2) is 0 Å². The zero-order valence-corrected chi connectivity index (χ0v) is 17.4. The molecule has 29 heavy (non-hydrogen) atoms. The Morgan fingerprint density at radius 3 is 2.31 bits per heavy atom. The maximum atomic E-state index is 13.9. The first-order chi connectivity index (χ1) is 13.4. The Labute approximate surface area is 169 Å². The van der Waals surface area contributed by atoms with Gasteiger partial charge in [0.25, 0.3) is 10.1 Å². The van der Waals surface area contributed by atoms with E-state index in [9.17, 15) is 21.6 Å². The number of alkyl halides is 3. The third-order valence-electron chi connectivity index (χ3n) is 5.33. The number of rotatable bonds is 5. The van der Waals surface area contributed by atoms with Crippen molar-refractivity contribution in [2.24, 2.45) is 5.92 Å². The van der Waals surface area contributed by atoms with Crippen molar-refractivity contribution in [1.29, 1.82) is 0 Å². The van der Waals surface area contributed by atoms with E-state index < -0.39 is 28.0 Å². The van der Waals surface area contributed by atoms with Crippen molar-refractivity contribution < 1.29 is 30.5 Å². The van der Waals surface area contributed by atoms with Gasteiger partial charge in [0.15, 0.2) is 0 Å². The quantitative estimate of drug-likeness (QED) is 0.558. The topological polar surface area (TPSA) is 52.6 Å². The minimum absolute atomic E-state index is 0.0227. The molecule has 4 nitrogen and oxygen atoms in total. The molecule has 1 saturated carbocycles. The number of halogens is 3. The van der Waals surface area contributed by atoms with Gasteiger partial charge in [0, 0.05) is 0 Å². The van der Waals surface area contributed by atoms with E-state index in [0.29, 0.717) is 16.9 Å². The van der Waals surface area contributed by atoms with Gasteiger partial charge in [-0.15, -0.1) is 0 Å². The lowest BCUT2D eigenvalue weighted by Gasteiger charge is -2.28. The number of fused-ring (bicyclic) bond motifs is 1. The smallest absolute Gasteiger partial charge is 0.420 e. The predicted molar refractivity (Wildman–Crippen MR) is 105 cm³/mol. The Hall–Kier alpha value is -1.80. The monoisotopic (exact) mass is 430 g/mol. The van der Waals surface area contributed by atoms with Crippen LogP contribution in [0.1, 0.15) is 56.8 Å². The zero-order chi connectivity index (χ0) is 21.4. The van der Waals surface area contributed by atoms with Crippen molar-refractivity contribution in [1.82, 2.24) is 0 Å². The molecular formula is C21H25F3O4S. The summed E-state index contributed by atoms with van der Waals surface area (Å²) in [4.78, 5) is 0. The van der Waals surface area contributed by atoms with E-state index in [1.807, 2.05) is 0 Å². The molecule has 0 saturated heterocycles. The van der Waals surface area contributed by atoms with Crippen LogP contribution in [0.4, 0.5) is 13.2 Å². The molecule has 3 rings (SSSR count). The van der Waals surface area contributed by atoms with E-state index in [2.05, 4.69) is 6.92 Å². The van der Waals surface area contributed by atoms with Crippen molar-refractivity contribution in [3.8, 4) is 5.75 Å². The summed E-state index contributed by atoms with van der Waals surface area (Å²) in [5.74, 6) is 0.417. The van der Waals surface area contributed by atoms with Gasteiger partial charge in [0.05, 0.1) is 18.5 Å². The Bertz CT molecular complexity index is 977. The van der Waals surface area contributed by atoms with E-state index in [4.69, 9.17) is 8.92 Å². The second kappa shape index (κ2) is 8.14. The number of hydrogen-bond acceptors (Lipinski definition) is 4. The molecule has 2 aromatic rings. The lowest BCUT2D eigenvalue weighted by molar-refractivity contribution is -0.138. The van der Waals surface area contributed by atoms with Gasteiger partial charge in [-0.05, 0) is 67.0 Å². The molecule has 160 valence electrons. The van der Waals surface area contributed by atoms with Crippen LogP contribution >= 0.6 is 0 Å². The van der Waals surface area contributed by atoms with Crippen LogP contribution in [0.25, 0.3) is 10.8 Å². The van der Waals surface area contributed by atoms with Gasteiger partial charge in [0.2, 0.25) is 0 Å². The molecule has 1 fully saturated rings. The lowest BCUT2D eigenvalue weighted by Crippen LogP contribution is -2.24. The molecule has 8 heteroatoms. The first-order valence-corrected chi connectivity index (χ1v) is 11.4. The summed E-state index contributed by atoms with van der Waals surface area (Å²) in [5.41, 5.74) is -0.317. The predicted octanol–water partition coefficient (Wildman–Crippen LogP) is 5.85. The third-order valence-corrected chi connectivity index (χ3v) is 5.97. The molecule has 1 atom stereocenters. The van der Waals surface area contributed by atoms with E-state index in [0.717, 1.165) is 31.9 Å². The van der Waals surface area contributed by atoms with Crippen LogP contribution in [-0.4, -0.2) is 20.8 Å². The Morgan fingerprint density at radius 2 is 1.72 bits per heavy atom. The van der Waals surface area contributed by atoms with Crippen LogP contribution in [0.5, 0.6) is 5.75 Å². The Morgan fingerprint density at radius 1 is 1.07 bits per heavy atom. The number of hydrogen-bond donors (Lipinski definition) is 0. The van der Waals surface area contributed by atoms with Gasteiger partial charge in [-0.2, -0.15) is 21.6 Å². The number of ether oxygens (including phenoxy) is 1. The zero-order valence-electron chi connectivity index (χ0n) is 16.6. The van der Waals surface area contributed by atoms with Crippen molar-refractivity contribution in [2.75, 3.05) is 6.26 Å². The Balaban J connectivity index is 1.98. The molecule has 1 aliphatic rings. The fourth-order valence-electron chi connectivity index (χ4n) is 3.82. The highest BCUT2D eigenvalue weighted by Crippen LogP contribution is 2.43.